The predicted molar refractivity (Wildman–Crippen MR) is 120 cm³/mol. The molecule has 1 aliphatic heterocycles. The Morgan fingerprint density at radius 2 is 1.94 bits per heavy atom. The zero-order valence-corrected chi connectivity index (χ0v) is 18.6. The van der Waals surface area contributed by atoms with Crippen LogP contribution in [-0.2, 0) is 17.9 Å². The fraction of sp³-hybridized carbons (Fsp3) is 0.440. The molecule has 0 unspecified atom stereocenters. The van der Waals surface area contributed by atoms with Gasteiger partial charge in [0.15, 0.2) is 5.58 Å². The van der Waals surface area contributed by atoms with Crippen LogP contribution >= 0.6 is 0 Å². The van der Waals surface area contributed by atoms with Crippen molar-refractivity contribution in [2.24, 2.45) is 0 Å². The lowest BCUT2D eigenvalue weighted by Crippen LogP contribution is -2.64. The van der Waals surface area contributed by atoms with Gasteiger partial charge in [-0.15, -0.1) is 0 Å². The topological polar surface area (TPSA) is 76.7 Å². The second-order valence-electron chi connectivity index (χ2n) is 9.11. The number of carbonyl (C=O) groups is 2. The highest BCUT2D eigenvalue weighted by Gasteiger charge is 2.48. The molecular formula is C25H29N3O4. The van der Waals surface area contributed by atoms with Crippen molar-refractivity contribution in [3.63, 3.8) is 0 Å². The molecule has 1 aromatic carbocycles. The van der Waals surface area contributed by atoms with E-state index in [1.165, 1.54) is 6.42 Å². The Kier molecular flexibility index (Phi) is 5.19. The van der Waals surface area contributed by atoms with Crippen molar-refractivity contribution in [1.82, 2.24) is 14.8 Å². The van der Waals surface area contributed by atoms with Gasteiger partial charge in [0.25, 0.3) is 5.91 Å². The quantitative estimate of drug-likeness (QED) is 0.654. The molecule has 168 valence electrons. The first-order chi connectivity index (χ1) is 15.5. The summed E-state index contributed by atoms with van der Waals surface area (Å²) in [6.07, 6.45) is 7.09. The van der Waals surface area contributed by atoms with Gasteiger partial charge in [0, 0.05) is 24.7 Å². The number of hydrogen-bond donors (Lipinski definition) is 1. The number of hydrogen-bond acceptors (Lipinski definition) is 4. The van der Waals surface area contributed by atoms with E-state index in [-0.39, 0.29) is 17.9 Å². The van der Waals surface area contributed by atoms with Crippen LogP contribution in [0.4, 0.5) is 0 Å². The summed E-state index contributed by atoms with van der Waals surface area (Å²) in [6, 6.07) is 11.4. The Balaban J connectivity index is 1.51. The maximum absolute atomic E-state index is 13.7. The second-order valence-corrected chi connectivity index (χ2v) is 9.11. The lowest BCUT2D eigenvalue weighted by atomic mass is 9.91. The molecule has 3 heterocycles. The molecule has 7 heteroatoms. The minimum atomic E-state index is -1.02. The number of nitrogens with zero attached hydrogens (tertiary/aromatic N) is 2. The summed E-state index contributed by atoms with van der Waals surface area (Å²) in [7, 11) is 1.62. The Morgan fingerprint density at radius 3 is 2.66 bits per heavy atom. The van der Waals surface area contributed by atoms with E-state index in [2.05, 4.69) is 5.32 Å². The number of amides is 2. The summed E-state index contributed by atoms with van der Waals surface area (Å²) < 4.78 is 12.7. The molecule has 1 saturated carbocycles. The molecule has 0 bridgehead atoms. The highest BCUT2D eigenvalue weighted by atomic mass is 16.5. The van der Waals surface area contributed by atoms with Gasteiger partial charge in [-0.3, -0.25) is 9.59 Å². The molecule has 3 aromatic rings. The third-order valence-electron chi connectivity index (χ3n) is 6.98. The molecular weight excluding hydrogens is 406 g/mol. The summed E-state index contributed by atoms with van der Waals surface area (Å²) in [5, 5.41) is 3.26. The lowest BCUT2D eigenvalue weighted by Gasteiger charge is -2.44. The van der Waals surface area contributed by atoms with E-state index < -0.39 is 5.54 Å². The number of furan rings is 1. The Hall–Kier alpha value is -3.22. The normalized spacial score (nSPS) is 21.6. The van der Waals surface area contributed by atoms with Crippen LogP contribution in [0.15, 0.2) is 47.1 Å². The molecule has 5 rings (SSSR count). The van der Waals surface area contributed by atoms with Crippen LogP contribution in [-0.4, -0.2) is 40.0 Å². The van der Waals surface area contributed by atoms with Gasteiger partial charge in [-0.1, -0.05) is 31.4 Å². The Labute approximate surface area is 187 Å². The van der Waals surface area contributed by atoms with Crippen LogP contribution in [0.1, 0.15) is 55.1 Å². The van der Waals surface area contributed by atoms with Crippen LogP contribution in [0, 0.1) is 0 Å². The van der Waals surface area contributed by atoms with E-state index in [9.17, 15) is 9.59 Å². The maximum Gasteiger partial charge on any atom is 0.271 e. The molecule has 1 aliphatic carbocycles. The molecule has 0 spiro atoms. The van der Waals surface area contributed by atoms with Gasteiger partial charge in [-0.05, 0) is 37.5 Å². The van der Waals surface area contributed by atoms with Crippen molar-refractivity contribution in [3.05, 3.63) is 53.9 Å². The molecule has 1 atom stereocenters. The van der Waals surface area contributed by atoms with E-state index in [1.54, 1.807) is 24.3 Å². The average molecular weight is 436 g/mol. The average Bonchev–Trinajstić information content (AvgIpc) is 3.40. The number of fused-ring (bicyclic) bond motifs is 3. The van der Waals surface area contributed by atoms with Crippen molar-refractivity contribution >= 4 is 22.9 Å². The first-order valence-corrected chi connectivity index (χ1v) is 11.3. The van der Waals surface area contributed by atoms with Gasteiger partial charge >= 0.3 is 0 Å². The summed E-state index contributed by atoms with van der Waals surface area (Å²) in [5.41, 5.74) is 1.98. The summed E-state index contributed by atoms with van der Waals surface area (Å²) >= 11 is 0. The van der Waals surface area contributed by atoms with Gasteiger partial charge in [0.2, 0.25) is 5.91 Å². The van der Waals surface area contributed by atoms with E-state index in [1.807, 2.05) is 41.8 Å². The fourth-order valence-electron chi connectivity index (χ4n) is 5.02. The molecule has 0 saturated heterocycles. The highest BCUT2D eigenvalue weighted by molar-refractivity contribution is 6.02. The zero-order chi connectivity index (χ0) is 22.3. The summed E-state index contributed by atoms with van der Waals surface area (Å²) in [4.78, 5) is 29.1. The highest BCUT2D eigenvalue weighted by Crippen LogP contribution is 2.34. The number of ether oxygens (including phenoxy) is 1. The standard InChI is InChI=1S/C25H29N3O4/c1-25(24(30)26-18-6-4-3-5-7-18)16-27-20-12-13-32-22(20)14-21(27)23(29)28(25)15-17-8-10-19(31-2)11-9-17/h8-14,18H,3-7,15-16H2,1-2H3,(H,26,30)/t25-/m0/s1. The number of methoxy groups -OCH3 is 1. The van der Waals surface area contributed by atoms with Gasteiger partial charge in [0.1, 0.15) is 17.0 Å². The molecule has 7 nitrogen and oxygen atoms in total. The van der Waals surface area contributed by atoms with Gasteiger partial charge < -0.3 is 23.9 Å². The van der Waals surface area contributed by atoms with Crippen molar-refractivity contribution in [1.29, 1.82) is 0 Å². The Bertz CT molecular complexity index is 1140. The van der Waals surface area contributed by atoms with Gasteiger partial charge in [-0.25, -0.2) is 0 Å². The molecule has 1 fully saturated rings. The number of aromatic nitrogens is 1. The molecule has 2 amide bonds. The smallest absolute Gasteiger partial charge is 0.271 e. The number of nitrogens with one attached hydrogen (secondary N) is 1. The lowest BCUT2D eigenvalue weighted by molar-refractivity contribution is -0.134. The van der Waals surface area contributed by atoms with Gasteiger partial charge in [0.05, 0.1) is 25.4 Å². The van der Waals surface area contributed by atoms with Crippen LogP contribution in [0.5, 0.6) is 5.75 Å². The number of rotatable bonds is 5. The first-order valence-electron chi connectivity index (χ1n) is 11.3. The largest absolute Gasteiger partial charge is 0.497 e. The van der Waals surface area contributed by atoms with E-state index in [4.69, 9.17) is 9.15 Å². The monoisotopic (exact) mass is 435 g/mol. The third kappa shape index (κ3) is 3.45. The van der Waals surface area contributed by atoms with Crippen LogP contribution in [0.2, 0.25) is 0 Å². The summed E-state index contributed by atoms with van der Waals surface area (Å²) in [5.74, 6) is 0.493. The van der Waals surface area contributed by atoms with Gasteiger partial charge in [-0.2, -0.15) is 0 Å². The molecule has 1 N–H and O–H groups in total. The molecule has 0 radical (unpaired) electrons. The van der Waals surface area contributed by atoms with Crippen LogP contribution in [0.25, 0.3) is 11.1 Å². The van der Waals surface area contributed by atoms with Crippen molar-refractivity contribution < 1.29 is 18.7 Å². The van der Waals surface area contributed by atoms with Crippen molar-refractivity contribution in [2.75, 3.05) is 7.11 Å². The maximum atomic E-state index is 13.7. The predicted octanol–water partition coefficient (Wildman–Crippen LogP) is 4.11. The fourth-order valence-corrected chi connectivity index (χ4v) is 5.02. The van der Waals surface area contributed by atoms with Crippen LogP contribution < -0.4 is 10.1 Å². The number of carbonyl (C=O) groups excluding carboxylic acids is 2. The SMILES string of the molecule is COc1ccc(CN2C(=O)c3cc4occc4n3C[C@@]2(C)C(=O)NC2CCCCC2)cc1. The summed E-state index contributed by atoms with van der Waals surface area (Å²) in [6.45, 7) is 2.59. The van der Waals surface area contributed by atoms with Crippen molar-refractivity contribution in [2.45, 2.75) is 63.7 Å². The molecule has 2 aliphatic rings. The Morgan fingerprint density at radius 1 is 1.19 bits per heavy atom. The van der Waals surface area contributed by atoms with E-state index in [0.717, 1.165) is 42.5 Å². The molecule has 2 aromatic heterocycles. The minimum absolute atomic E-state index is 0.0951. The second kappa shape index (κ2) is 8.04. The van der Waals surface area contributed by atoms with Crippen molar-refractivity contribution in [3.8, 4) is 5.75 Å². The first kappa shape index (κ1) is 20.7. The van der Waals surface area contributed by atoms with E-state index >= 15 is 0 Å². The minimum Gasteiger partial charge on any atom is -0.497 e. The zero-order valence-electron chi connectivity index (χ0n) is 18.6. The van der Waals surface area contributed by atoms with E-state index in [0.29, 0.717) is 24.4 Å². The molecule has 32 heavy (non-hydrogen) atoms. The van der Waals surface area contributed by atoms with Crippen LogP contribution in [0.3, 0.4) is 0 Å². The third-order valence-corrected chi connectivity index (χ3v) is 6.98. The number of benzene rings is 1.